The van der Waals surface area contributed by atoms with Crippen LogP contribution in [-0.2, 0) is 28.9 Å². The van der Waals surface area contributed by atoms with Crippen LogP contribution in [0.1, 0.15) is 29.5 Å². The fourth-order valence-corrected chi connectivity index (χ4v) is 4.51. The van der Waals surface area contributed by atoms with Gasteiger partial charge >= 0.3 is 5.97 Å². The summed E-state index contributed by atoms with van der Waals surface area (Å²) in [5.41, 5.74) is 4.66. The van der Waals surface area contributed by atoms with Crippen LogP contribution in [0.3, 0.4) is 0 Å². The van der Waals surface area contributed by atoms with Crippen molar-refractivity contribution < 1.29 is 9.53 Å². The number of ether oxygens (including phenoxy) is 1. The molecule has 2 fully saturated rings. The number of carbonyl (C=O) groups excluding carboxylic acids is 1. The summed E-state index contributed by atoms with van der Waals surface area (Å²) in [5, 5.41) is 3.51. The van der Waals surface area contributed by atoms with E-state index in [2.05, 4.69) is 60.4 Å². The van der Waals surface area contributed by atoms with Gasteiger partial charge in [-0.1, -0.05) is 66.7 Å². The molecule has 3 heteroatoms. The molecule has 2 aromatic carbocycles. The highest BCUT2D eigenvalue weighted by atomic mass is 16.5. The van der Waals surface area contributed by atoms with Gasteiger partial charge in [0.05, 0.1) is 12.0 Å². The molecular weight excluding hydrogens is 334 g/mol. The first-order valence-corrected chi connectivity index (χ1v) is 9.82. The molecule has 1 saturated carbocycles. The van der Waals surface area contributed by atoms with Gasteiger partial charge < -0.3 is 10.1 Å². The highest BCUT2D eigenvalue weighted by Gasteiger charge is 2.55. The second-order valence-electron chi connectivity index (χ2n) is 7.99. The first-order chi connectivity index (χ1) is 13.2. The van der Waals surface area contributed by atoms with Crippen molar-refractivity contribution >= 4 is 5.97 Å². The van der Waals surface area contributed by atoms with Crippen molar-refractivity contribution in [1.29, 1.82) is 0 Å². The smallest absolute Gasteiger partial charge is 0.313 e. The molecule has 1 heterocycles. The molecular formula is C24H27NO2. The third kappa shape index (κ3) is 3.84. The molecule has 1 N–H and O–H groups in total. The Balaban J connectivity index is 1.31. The van der Waals surface area contributed by atoms with E-state index in [4.69, 9.17) is 4.74 Å². The van der Waals surface area contributed by atoms with Crippen LogP contribution in [0.25, 0.3) is 0 Å². The van der Waals surface area contributed by atoms with Gasteiger partial charge in [0, 0.05) is 12.5 Å². The minimum absolute atomic E-state index is 0.0298. The fraction of sp³-hybridized carbons (Fsp3) is 0.375. The Morgan fingerprint density at radius 3 is 2.56 bits per heavy atom. The number of fused-ring (bicyclic) bond motifs is 1. The molecule has 3 nitrogen and oxygen atoms in total. The summed E-state index contributed by atoms with van der Waals surface area (Å²) in [5.74, 6) is 0.273. The van der Waals surface area contributed by atoms with Crippen molar-refractivity contribution in [2.75, 3.05) is 13.2 Å². The van der Waals surface area contributed by atoms with Crippen molar-refractivity contribution in [2.24, 2.45) is 11.3 Å². The van der Waals surface area contributed by atoms with Crippen molar-refractivity contribution in [3.63, 3.8) is 0 Å². The van der Waals surface area contributed by atoms with Crippen LogP contribution >= 0.6 is 0 Å². The lowest BCUT2D eigenvalue weighted by atomic mass is 9.75. The Morgan fingerprint density at radius 1 is 1.04 bits per heavy atom. The number of esters is 1. The Morgan fingerprint density at radius 2 is 1.78 bits per heavy atom. The molecule has 0 bridgehead atoms. The van der Waals surface area contributed by atoms with E-state index in [1.807, 2.05) is 6.07 Å². The highest BCUT2D eigenvalue weighted by molar-refractivity contribution is 5.81. The SMILES string of the molecule is C=C1CC2COC(=O)C2(Cc2ccc(CNCCc3ccccc3)cc2)C1. The predicted molar refractivity (Wildman–Crippen MR) is 107 cm³/mol. The maximum Gasteiger partial charge on any atom is 0.313 e. The molecule has 0 amide bonds. The number of rotatable bonds is 7. The molecule has 1 aliphatic heterocycles. The first kappa shape index (κ1) is 18.0. The topological polar surface area (TPSA) is 38.3 Å². The lowest BCUT2D eigenvalue weighted by Gasteiger charge is -2.24. The minimum atomic E-state index is -0.369. The van der Waals surface area contributed by atoms with E-state index in [1.54, 1.807) is 0 Å². The Kier molecular flexibility index (Phi) is 5.13. The lowest BCUT2D eigenvalue weighted by Crippen LogP contribution is -2.31. The van der Waals surface area contributed by atoms with E-state index in [9.17, 15) is 4.79 Å². The van der Waals surface area contributed by atoms with Gasteiger partial charge in [-0.15, -0.1) is 0 Å². The number of carbonyl (C=O) groups is 1. The van der Waals surface area contributed by atoms with Crippen LogP contribution in [0, 0.1) is 11.3 Å². The van der Waals surface area contributed by atoms with Crippen LogP contribution < -0.4 is 5.32 Å². The zero-order valence-electron chi connectivity index (χ0n) is 15.7. The number of hydrogen-bond acceptors (Lipinski definition) is 3. The summed E-state index contributed by atoms with van der Waals surface area (Å²) in [6.45, 7) is 6.50. The summed E-state index contributed by atoms with van der Waals surface area (Å²) in [6, 6.07) is 19.2. The molecule has 27 heavy (non-hydrogen) atoms. The zero-order valence-corrected chi connectivity index (χ0v) is 15.7. The van der Waals surface area contributed by atoms with Crippen molar-refractivity contribution in [1.82, 2.24) is 5.32 Å². The van der Waals surface area contributed by atoms with E-state index < -0.39 is 0 Å². The maximum atomic E-state index is 12.4. The molecule has 0 spiro atoms. The number of cyclic esters (lactones) is 1. The Hall–Kier alpha value is -2.39. The van der Waals surface area contributed by atoms with Gasteiger partial charge in [0.15, 0.2) is 0 Å². The molecule has 0 aromatic heterocycles. The number of benzene rings is 2. The standard InChI is InChI=1S/C24H27NO2/c1-18-13-22-17-27-23(26)24(22,14-18)15-20-7-9-21(10-8-20)16-25-12-11-19-5-3-2-4-6-19/h2-10,22,25H,1,11-17H2. The molecule has 2 aromatic rings. The van der Waals surface area contributed by atoms with E-state index in [-0.39, 0.29) is 11.4 Å². The van der Waals surface area contributed by atoms with Crippen LogP contribution in [-0.4, -0.2) is 19.1 Å². The largest absolute Gasteiger partial charge is 0.465 e. The fourth-order valence-electron chi connectivity index (χ4n) is 4.51. The second-order valence-corrected chi connectivity index (χ2v) is 7.99. The monoisotopic (exact) mass is 361 g/mol. The maximum absolute atomic E-state index is 12.4. The number of allylic oxidation sites excluding steroid dienone is 1. The van der Waals surface area contributed by atoms with Gasteiger partial charge in [-0.3, -0.25) is 4.79 Å². The predicted octanol–water partition coefficient (Wildman–Crippen LogP) is 4.07. The van der Waals surface area contributed by atoms with E-state index in [1.165, 1.54) is 22.3 Å². The molecule has 1 saturated heterocycles. The van der Waals surface area contributed by atoms with Gasteiger partial charge in [-0.05, 0) is 48.9 Å². The average Bonchev–Trinajstić information content (AvgIpc) is 3.15. The lowest BCUT2D eigenvalue weighted by molar-refractivity contribution is -0.146. The number of nitrogens with one attached hydrogen (secondary N) is 1. The highest BCUT2D eigenvalue weighted by Crippen LogP contribution is 2.52. The van der Waals surface area contributed by atoms with Gasteiger partial charge in [-0.25, -0.2) is 0 Å². The molecule has 2 atom stereocenters. The van der Waals surface area contributed by atoms with Crippen LogP contribution in [0.15, 0.2) is 66.7 Å². The van der Waals surface area contributed by atoms with Gasteiger partial charge in [0.25, 0.3) is 0 Å². The third-order valence-corrected chi connectivity index (χ3v) is 6.01. The summed E-state index contributed by atoms with van der Waals surface area (Å²) < 4.78 is 5.38. The van der Waals surface area contributed by atoms with E-state index in [0.29, 0.717) is 12.5 Å². The van der Waals surface area contributed by atoms with Crippen molar-refractivity contribution in [3.05, 3.63) is 83.4 Å². The van der Waals surface area contributed by atoms with Gasteiger partial charge in [0.2, 0.25) is 0 Å². The van der Waals surface area contributed by atoms with Crippen LogP contribution in [0.5, 0.6) is 0 Å². The third-order valence-electron chi connectivity index (χ3n) is 6.01. The average molecular weight is 361 g/mol. The summed E-state index contributed by atoms with van der Waals surface area (Å²) >= 11 is 0. The van der Waals surface area contributed by atoms with E-state index in [0.717, 1.165) is 38.8 Å². The first-order valence-electron chi connectivity index (χ1n) is 9.82. The molecule has 4 rings (SSSR count). The summed E-state index contributed by atoms with van der Waals surface area (Å²) in [6.07, 6.45) is 3.50. The Bertz CT molecular complexity index is 812. The molecule has 0 radical (unpaired) electrons. The van der Waals surface area contributed by atoms with Crippen LogP contribution in [0.2, 0.25) is 0 Å². The summed E-state index contributed by atoms with van der Waals surface area (Å²) in [4.78, 5) is 12.4. The quantitative estimate of drug-likeness (QED) is 0.459. The molecule has 2 aliphatic rings. The normalized spacial score (nSPS) is 24.1. The number of hydrogen-bond donors (Lipinski definition) is 1. The molecule has 2 unspecified atom stereocenters. The Labute approximate surface area is 161 Å². The molecule has 1 aliphatic carbocycles. The zero-order chi connectivity index (χ0) is 18.7. The van der Waals surface area contributed by atoms with Gasteiger partial charge in [0.1, 0.15) is 0 Å². The minimum Gasteiger partial charge on any atom is -0.465 e. The van der Waals surface area contributed by atoms with Crippen molar-refractivity contribution in [3.8, 4) is 0 Å². The van der Waals surface area contributed by atoms with Crippen LogP contribution in [0.4, 0.5) is 0 Å². The van der Waals surface area contributed by atoms with E-state index >= 15 is 0 Å². The summed E-state index contributed by atoms with van der Waals surface area (Å²) in [7, 11) is 0. The van der Waals surface area contributed by atoms with Gasteiger partial charge in [-0.2, -0.15) is 0 Å². The second kappa shape index (κ2) is 7.69. The molecule has 140 valence electrons. The van der Waals surface area contributed by atoms with Crippen molar-refractivity contribution in [2.45, 2.75) is 32.2 Å².